The van der Waals surface area contributed by atoms with Gasteiger partial charge >= 0.3 is 0 Å². The van der Waals surface area contributed by atoms with Gasteiger partial charge in [0.25, 0.3) is 5.78 Å². The van der Waals surface area contributed by atoms with Gasteiger partial charge < -0.3 is 10.2 Å². The number of amides is 1. The van der Waals surface area contributed by atoms with Crippen LogP contribution < -0.4 is 10.2 Å². The lowest BCUT2D eigenvalue weighted by atomic mass is 10.2. The van der Waals surface area contributed by atoms with Crippen molar-refractivity contribution in [2.45, 2.75) is 30.8 Å². The van der Waals surface area contributed by atoms with E-state index in [0.29, 0.717) is 10.9 Å². The van der Waals surface area contributed by atoms with Crippen molar-refractivity contribution in [3.63, 3.8) is 0 Å². The maximum absolute atomic E-state index is 12.3. The molecule has 1 N–H and O–H groups in total. The van der Waals surface area contributed by atoms with Crippen LogP contribution in [-0.2, 0) is 4.79 Å². The van der Waals surface area contributed by atoms with Crippen LogP contribution in [0.25, 0.3) is 5.78 Å². The minimum Gasteiger partial charge on any atom is -0.372 e. The van der Waals surface area contributed by atoms with E-state index in [0.717, 1.165) is 18.8 Å². The highest BCUT2D eigenvalue weighted by Gasteiger charge is 2.11. The van der Waals surface area contributed by atoms with E-state index in [9.17, 15) is 4.79 Å². The number of carbonyl (C=O) groups excluding carboxylic acids is 1. The maximum atomic E-state index is 12.3. The van der Waals surface area contributed by atoms with Crippen molar-refractivity contribution >= 4 is 34.8 Å². The molecule has 0 atom stereocenters. The summed E-state index contributed by atoms with van der Waals surface area (Å²) in [5.41, 5.74) is 2.04. The molecule has 1 amide bonds. The molecule has 0 unspecified atom stereocenters. The van der Waals surface area contributed by atoms with Crippen LogP contribution in [0.4, 0.5) is 11.4 Å². The van der Waals surface area contributed by atoms with E-state index in [1.807, 2.05) is 24.4 Å². The topological polar surface area (TPSA) is 75.4 Å². The molecular formula is C19H22N6OS. The Kier molecular flexibility index (Phi) is 5.53. The number of hydrogen-bond acceptors (Lipinski definition) is 6. The Balaban J connectivity index is 1.32. The molecule has 7 nitrogen and oxygen atoms in total. The highest BCUT2D eigenvalue weighted by molar-refractivity contribution is 7.99. The van der Waals surface area contributed by atoms with Crippen LogP contribution in [0, 0.1) is 0 Å². The van der Waals surface area contributed by atoms with E-state index in [-0.39, 0.29) is 11.7 Å². The smallest absolute Gasteiger partial charge is 0.255 e. The molecule has 0 aliphatic carbocycles. The number of anilines is 2. The molecule has 1 fully saturated rings. The van der Waals surface area contributed by atoms with Crippen LogP contribution in [-0.4, -0.2) is 44.3 Å². The number of rotatable bonds is 5. The fourth-order valence-electron chi connectivity index (χ4n) is 3.23. The molecule has 140 valence electrons. The third kappa shape index (κ3) is 4.39. The molecule has 1 aliphatic rings. The second-order valence-electron chi connectivity index (χ2n) is 6.56. The average molecular weight is 382 g/mol. The van der Waals surface area contributed by atoms with Gasteiger partial charge in [0.15, 0.2) is 5.16 Å². The third-order valence-corrected chi connectivity index (χ3v) is 5.56. The predicted octanol–water partition coefficient (Wildman–Crippen LogP) is 3.24. The first-order chi connectivity index (χ1) is 13.3. The third-order valence-electron chi connectivity index (χ3n) is 4.61. The number of benzene rings is 1. The summed E-state index contributed by atoms with van der Waals surface area (Å²) < 4.78 is 1.77. The van der Waals surface area contributed by atoms with Gasteiger partial charge in [-0.25, -0.2) is 4.98 Å². The summed E-state index contributed by atoms with van der Waals surface area (Å²) in [4.78, 5) is 18.8. The Labute approximate surface area is 162 Å². The zero-order chi connectivity index (χ0) is 18.5. The molecule has 0 radical (unpaired) electrons. The maximum Gasteiger partial charge on any atom is 0.255 e. The first-order valence-electron chi connectivity index (χ1n) is 9.23. The van der Waals surface area contributed by atoms with Gasteiger partial charge in [0.1, 0.15) is 0 Å². The molecular weight excluding hydrogens is 360 g/mol. The van der Waals surface area contributed by atoms with Gasteiger partial charge in [0.05, 0.1) is 5.75 Å². The van der Waals surface area contributed by atoms with Crippen molar-refractivity contribution in [3.05, 3.63) is 42.7 Å². The van der Waals surface area contributed by atoms with E-state index in [1.165, 1.54) is 43.1 Å². The van der Waals surface area contributed by atoms with Gasteiger partial charge in [-0.05, 0) is 43.2 Å². The van der Waals surface area contributed by atoms with Crippen molar-refractivity contribution in [1.29, 1.82) is 0 Å². The minimum absolute atomic E-state index is 0.0665. The van der Waals surface area contributed by atoms with Crippen molar-refractivity contribution in [2.24, 2.45) is 0 Å². The average Bonchev–Trinajstić information content (AvgIpc) is 2.91. The van der Waals surface area contributed by atoms with Gasteiger partial charge in [0, 0.05) is 36.9 Å². The molecule has 2 aromatic heterocycles. The lowest BCUT2D eigenvalue weighted by Gasteiger charge is -2.22. The van der Waals surface area contributed by atoms with Crippen molar-refractivity contribution in [1.82, 2.24) is 19.6 Å². The largest absolute Gasteiger partial charge is 0.372 e. The second kappa shape index (κ2) is 8.39. The highest BCUT2D eigenvalue weighted by atomic mass is 32.2. The standard InChI is InChI=1S/C19H22N6OS/c26-17(14-27-19-23-22-18-20-10-5-13-25(18)19)21-15-6-8-16(9-7-15)24-11-3-1-2-4-12-24/h5-10,13H,1-4,11-12,14H2,(H,21,26). The van der Waals surface area contributed by atoms with Crippen LogP contribution in [0.15, 0.2) is 47.9 Å². The van der Waals surface area contributed by atoms with Gasteiger partial charge in [-0.1, -0.05) is 24.6 Å². The Morgan fingerprint density at radius 1 is 1.07 bits per heavy atom. The molecule has 0 spiro atoms. The van der Waals surface area contributed by atoms with Crippen molar-refractivity contribution in [3.8, 4) is 0 Å². The summed E-state index contributed by atoms with van der Waals surface area (Å²) in [6.07, 6.45) is 8.65. The first-order valence-corrected chi connectivity index (χ1v) is 10.2. The number of nitrogens with zero attached hydrogens (tertiary/aromatic N) is 5. The van der Waals surface area contributed by atoms with Crippen LogP contribution in [0.2, 0.25) is 0 Å². The summed E-state index contributed by atoms with van der Waals surface area (Å²) in [6.45, 7) is 2.23. The monoisotopic (exact) mass is 382 g/mol. The van der Waals surface area contributed by atoms with Crippen LogP contribution >= 0.6 is 11.8 Å². The molecule has 1 aromatic carbocycles. The van der Waals surface area contributed by atoms with Crippen LogP contribution in [0.5, 0.6) is 0 Å². The van der Waals surface area contributed by atoms with Crippen molar-refractivity contribution in [2.75, 3.05) is 29.1 Å². The summed E-state index contributed by atoms with van der Waals surface area (Å²) in [5.74, 6) is 0.733. The lowest BCUT2D eigenvalue weighted by Crippen LogP contribution is -2.23. The Hall–Kier alpha value is -2.61. The molecule has 0 bridgehead atoms. The number of thioether (sulfide) groups is 1. The molecule has 1 saturated heterocycles. The second-order valence-corrected chi connectivity index (χ2v) is 7.50. The quantitative estimate of drug-likeness (QED) is 0.683. The molecule has 27 heavy (non-hydrogen) atoms. The summed E-state index contributed by atoms with van der Waals surface area (Å²) in [5, 5.41) is 11.7. The molecule has 4 rings (SSSR count). The van der Waals surface area contributed by atoms with E-state index in [2.05, 4.69) is 37.5 Å². The normalized spacial score (nSPS) is 14.9. The molecule has 1 aliphatic heterocycles. The fourth-order valence-corrected chi connectivity index (χ4v) is 3.94. The SMILES string of the molecule is O=C(CSc1nnc2ncccn12)Nc1ccc(N2CCCCCC2)cc1. The summed E-state index contributed by atoms with van der Waals surface area (Å²) in [7, 11) is 0. The number of nitrogens with one attached hydrogen (secondary N) is 1. The van der Waals surface area contributed by atoms with Gasteiger partial charge in [-0.2, -0.15) is 0 Å². The fraction of sp³-hybridized carbons (Fsp3) is 0.368. The number of fused-ring (bicyclic) bond motifs is 1. The minimum atomic E-state index is -0.0665. The number of carbonyl (C=O) groups is 1. The van der Waals surface area contributed by atoms with E-state index < -0.39 is 0 Å². The Morgan fingerprint density at radius 2 is 1.85 bits per heavy atom. The summed E-state index contributed by atoms with van der Waals surface area (Å²) >= 11 is 1.34. The predicted molar refractivity (Wildman–Crippen MR) is 107 cm³/mol. The van der Waals surface area contributed by atoms with Gasteiger partial charge in [-0.3, -0.25) is 9.20 Å². The van der Waals surface area contributed by atoms with Gasteiger partial charge in [0.2, 0.25) is 5.91 Å². The number of hydrogen-bond donors (Lipinski definition) is 1. The number of aromatic nitrogens is 4. The molecule has 8 heteroatoms. The van der Waals surface area contributed by atoms with E-state index >= 15 is 0 Å². The lowest BCUT2D eigenvalue weighted by molar-refractivity contribution is -0.113. The molecule has 3 heterocycles. The highest BCUT2D eigenvalue weighted by Crippen LogP contribution is 2.22. The zero-order valence-corrected chi connectivity index (χ0v) is 15.9. The van der Waals surface area contributed by atoms with E-state index in [1.54, 1.807) is 10.6 Å². The molecule has 0 saturated carbocycles. The van der Waals surface area contributed by atoms with Crippen LogP contribution in [0.3, 0.4) is 0 Å². The van der Waals surface area contributed by atoms with Crippen LogP contribution in [0.1, 0.15) is 25.7 Å². The summed E-state index contributed by atoms with van der Waals surface area (Å²) in [6, 6.07) is 9.93. The van der Waals surface area contributed by atoms with Crippen molar-refractivity contribution < 1.29 is 4.79 Å². The van der Waals surface area contributed by atoms with Gasteiger partial charge in [-0.15, -0.1) is 10.2 Å². The van der Waals surface area contributed by atoms with E-state index in [4.69, 9.17) is 0 Å². The molecule has 3 aromatic rings. The first kappa shape index (κ1) is 17.8. The zero-order valence-electron chi connectivity index (χ0n) is 15.0. The Morgan fingerprint density at radius 3 is 2.63 bits per heavy atom. The Bertz CT molecular complexity index is 902.